The highest BCUT2D eigenvalue weighted by molar-refractivity contribution is 6.08. The maximum absolute atomic E-state index is 11.2. The van der Waals surface area contributed by atoms with Crippen LogP contribution in [-0.4, -0.2) is 22.3 Å². The minimum Gasteiger partial charge on any atom is -0.375 e. The molecule has 1 N–H and O–H groups in total. The molecule has 1 unspecified atom stereocenters. The van der Waals surface area contributed by atoms with Crippen LogP contribution in [0.4, 0.5) is 0 Å². The molecule has 0 aromatic rings. The zero-order valence-corrected chi connectivity index (χ0v) is 7.89. The molecular formula is C9H16O3. The number of Topliss-reactive ketones (excluding diaryl/α,β-unsaturated/α-hetero) is 2. The Morgan fingerprint density at radius 3 is 2.25 bits per heavy atom. The van der Waals surface area contributed by atoms with Crippen molar-refractivity contribution in [2.24, 2.45) is 0 Å². The monoisotopic (exact) mass is 172 g/mol. The molecule has 0 saturated carbocycles. The van der Waals surface area contributed by atoms with Crippen molar-refractivity contribution in [3.8, 4) is 0 Å². The van der Waals surface area contributed by atoms with E-state index in [0.717, 1.165) is 12.8 Å². The Bertz CT molecular complexity index is 182. The Balaban J connectivity index is 4.16. The summed E-state index contributed by atoms with van der Waals surface area (Å²) in [6.07, 6.45) is 1.89. The van der Waals surface area contributed by atoms with Gasteiger partial charge in [-0.05, 0) is 20.3 Å². The first kappa shape index (κ1) is 11.3. The average molecular weight is 172 g/mol. The molecule has 0 spiro atoms. The first-order chi connectivity index (χ1) is 5.42. The number of ketones is 2. The fraction of sp³-hybridized carbons (Fsp3) is 0.778. The van der Waals surface area contributed by atoms with E-state index in [0.29, 0.717) is 0 Å². The molecule has 3 nitrogen and oxygen atoms in total. The fourth-order valence-electron chi connectivity index (χ4n) is 0.777. The lowest BCUT2D eigenvalue weighted by molar-refractivity contribution is -0.147. The van der Waals surface area contributed by atoms with E-state index in [1.165, 1.54) is 13.8 Å². The van der Waals surface area contributed by atoms with Crippen LogP contribution in [0.3, 0.4) is 0 Å². The molecule has 70 valence electrons. The van der Waals surface area contributed by atoms with E-state index in [9.17, 15) is 14.7 Å². The van der Waals surface area contributed by atoms with Gasteiger partial charge >= 0.3 is 0 Å². The van der Waals surface area contributed by atoms with Gasteiger partial charge in [-0.2, -0.15) is 0 Å². The molecule has 0 fully saturated rings. The molecule has 0 aromatic heterocycles. The molecular weight excluding hydrogens is 156 g/mol. The summed E-state index contributed by atoms with van der Waals surface area (Å²) in [5, 5.41) is 9.39. The standard InChI is InChI=1S/C9H16O3/c1-4-5-6-8(11)9(3,12)7(2)10/h12H,4-6H2,1-3H3. The average Bonchev–Trinajstić information content (AvgIpc) is 1.99. The largest absolute Gasteiger partial charge is 0.375 e. The SMILES string of the molecule is CCCCC(=O)C(C)(O)C(C)=O. The summed E-state index contributed by atoms with van der Waals surface area (Å²) < 4.78 is 0. The molecule has 0 amide bonds. The Hall–Kier alpha value is -0.700. The molecule has 0 saturated heterocycles. The number of carbonyl (C=O) groups is 2. The second kappa shape index (κ2) is 4.36. The van der Waals surface area contributed by atoms with Crippen LogP contribution in [0.15, 0.2) is 0 Å². The number of carbonyl (C=O) groups excluding carboxylic acids is 2. The Labute approximate surface area is 72.8 Å². The number of hydrogen-bond donors (Lipinski definition) is 1. The van der Waals surface area contributed by atoms with Crippen LogP contribution in [0.1, 0.15) is 40.0 Å². The Morgan fingerprint density at radius 1 is 1.42 bits per heavy atom. The van der Waals surface area contributed by atoms with Gasteiger partial charge in [-0.1, -0.05) is 13.3 Å². The number of hydrogen-bond acceptors (Lipinski definition) is 3. The van der Waals surface area contributed by atoms with Gasteiger partial charge in [0.1, 0.15) is 0 Å². The van der Waals surface area contributed by atoms with E-state index >= 15 is 0 Å². The van der Waals surface area contributed by atoms with Crippen LogP contribution in [-0.2, 0) is 9.59 Å². The van der Waals surface area contributed by atoms with Crippen molar-refractivity contribution in [1.82, 2.24) is 0 Å². The lowest BCUT2D eigenvalue weighted by Gasteiger charge is -2.17. The van der Waals surface area contributed by atoms with Gasteiger partial charge in [0.25, 0.3) is 0 Å². The predicted molar refractivity (Wildman–Crippen MR) is 45.8 cm³/mol. The lowest BCUT2D eigenvalue weighted by atomic mass is 9.93. The molecule has 3 heteroatoms. The van der Waals surface area contributed by atoms with E-state index < -0.39 is 11.4 Å². The normalized spacial score (nSPS) is 15.3. The smallest absolute Gasteiger partial charge is 0.177 e. The summed E-state index contributed by atoms with van der Waals surface area (Å²) >= 11 is 0. The van der Waals surface area contributed by atoms with Crippen LogP contribution in [0, 0.1) is 0 Å². The van der Waals surface area contributed by atoms with E-state index in [1.807, 2.05) is 6.92 Å². The third-order valence-electron chi connectivity index (χ3n) is 1.99. The van der Waals surface area contributed by atoms with E-state index in [-0.39, 0.29) is 12.2 Å². The van der Waals surface area contributed by atoms with Gasteiger partial charge < -0.3 is 5.11 Å². The summed E-state index contributed by atoms with van der Waals surface area (Å²) in [6, 6.07) is 0. The van der Waals surface area contributed by atoms with Gasteiger partial charge in [0, 0.05) is 6.42 Å². The van der Waals surface area contributed by atoms with Crippen LogP contribution < -0.4 is 0 Å². The van der Waals surface area contributed by atoms with Crippen LogP contribution in [0.2, 0.25) is 0 Å². The lowest BCUT2D eigenvalue weighted by Crippen LogP contribution is -2.42. The van der Waals surface area contributed by atoms with E-state index in [1.54, 1.807) is 0 Å². The zero-order chi connectivity index (χ0) is 9.78. The Morgan fingerprint density at radius 2 is 1.92 bits per heavy atom. The molecule has 0 aliphatic rings. The molecule has 12 heavy (non-hydrogen) atoms. The summed E-state index contributed by atoms with van der Waals surface area (Å²) in [5.74, 6) is -0.861. The van der Waals surface area contributed by atoms with Crippen molar-refractivity contribution >= 4 is 11.6 Å². The van der Waals surface area contributed by atoms with Crippen molar-refractivity contribution in [3.05, 3.63) is 0 Å². The summed E-state index contributed by atoms with van der Waals surface area (Å²) in [5.41, 5.74) is -1.77. The minimum atomic E-state index is -1.77. The van der Waals surface area contributed by atoms with Crippen LogP contribution in [0.5, 0.6) is 0 Å². The molecule has 0 radical (unpaired) electrons. The summed E-state index contributed by atoms with van der Waals surface area (Å²) in [4.78, 5) is 22.0. The van der Waals surface area contributed by atoms with Gasteiger partial charge in [0.15, 0.2) is 17.2 Å². The van der Waals surface area contributed by atoms with Gasteiger partial charge in [-0.25, -0.2) is 0 Å². The van der Waals surface area contributed by atoms with Gasteiger partial charge in [0.05, 0.1) is 0 Å². The highest BCUT2D eigenvalue weighted by Gasteiger charge is 2.33. The van der Waals surface area contributed by atoms with Gasteiger partial charge in [0.2, 0.25) is 0 Å². The molecule has 0 heterocycles. The summed E-state index contributed by atoms with van der Waals surface area (Å²) in [7, 11) is 0. The zero-order valence-electron chi connectivity index (χ0n) is 7.89. The maximum Gasteiger partial charge on any atom is 0.177 e. The first-order valence-electron chi connectivity index (χ1n) is 4.19. The van der Waals surface area contributed by atoms with Crippen molar-refractivity contribution in [3.63, 3.8) is 0 Å². The quantitative estimate of drug-likeness (QED) is 0.631. The molecule has 0 aromatic carbocycles. The fourth-order valence-corrected chi connectivity index (χ4v) is 0.777. The predicted octanol–water partition coefficient (Wildman–Crippen LogP) is 1.09. The van der Waals surface area contributed by atoms with Gasteiger partial charge in [-0.15, -0.1) is 0 Å². The van der Waals surface area contributed by atoms with E-state index in [4.69, 9.17) is 0 Å². The third kappa shape index (κ3) is 2.74. The van der Waals surface area contributed by atoms with Crippen LogP contribution in [0.25, 0.3) is 0 Å². The highest BCUT2D eigenvalue weighted by atomic mass is 16.3. The van der Waals surface area contributed by atoms with E-state index in [2.05, 4.69) is 0 Å². The van der Waals surface area contributed by atoms with Crippen molar-refractivity contribution in [1.29, 1.82) is 0 Å². The molecule has 0 aliphatic carbocycles. The van der Waals surface area contributed by atoms with Crippen LogP contribution >= 0.6 is 0 Å². The molecule has 0 aliphatic heterocycles. The molecule has 0 rings (SSSR count). The maximum atomic E-state index is 11.2. The van der Waals surface area contributed by atoms with Crippen molar-refractivity contribution in [2.75, 3.05) is 0 Å². The van der Waals surface area contributed by atoms with Crippen molar-refractivity contribution < 1.29 is 14.7 Å². The minimum absolute atomic E-state index is 0.281. The second-order valence-corrected chi connectivity index (χ2v) is 3.16. The highest BCUT2D eigenvalue weighted by Crippen LogP contribution is 2.11. The van der Waals surface area contributed by atoms with Gasteiger partial charge in [-0.3, -0.25) is 9.59 Å². The first-order valence-corrected chi connectivity index (χ1v) is 4.19. The second-order valence-electron chi connectivity index (χ2n) is 3.16. The number of aliphatic hydroxyl groups is 1. The third-order valence-corrected chi connectivity index (χ3v) is 1.99. The van der Waals surface area contributed by atoms with Crippen molar-refractivity contribution in [2.45, 2.75) is 45.6 Å². The topological polar surface area (TPSA) is 54.4 Å². The molecule has 0 bridgehead atoms. The number of unbranched alkanes of at least 4 members (excludes halogenated alkanes) is 1. The summed E-state index contributed by atoms with van der Waals surface area (Å²) in [6.45, 7) is 4.44. The Kier molecular flexibility index (Phi) is 4.10. The molecule has 1 atom stereocenters. The number of rotatable bonds is 5.